The van der Waals surface area contributed by atoms with Crippen LogP contribution in [0.3, 0.4) is 0 Å². The average molecular weight is 233 g/mol. The van der Waals surface area contributed by atoms with E-state index in [-0.39, 0.29) is 6.42 Å². The quantitative estimate of drug-likeness (QED) is 0.608. The van der Waals surface area contributed by atoms with Crippen molar-refractivity contribution in [3.05, 3.63) is 29.8 Å². The molecular weight excluding hydrogens is 218 g/mol. The monoisotopic (exact) mass is 233 g/mol. The van der Waals surface area contributed by atoms with Crippen LogP contribution in [0.2, 0.25) is 0 Å². The predicted octanol–water partition coefficient (Wildman–Crippen LogP) is 0.939. The van der Waals surface area contributed by atoms with Crippen molar-refractivity contribution < 1.29 is 14.3 Å². The highest BCUT2D eigenvalue weighted by Crippen LogP contribution is 2.11. The van der Waals surface area contributed by atoms with E-state index >= 15 is 0 Å². The molecular formula is C13H15NO3. The number of benzene rings is 1. The Balaban J connectivity index is 2.48. The summed E-state index contributed by atoms with van der Waals surface area (Å²) in [5, 5.41) is 0. The summed E-state index contributed by atoms with van der Waals surface area (Å²) in [4.78, 5) is 10.5. The van der Waals surface area contributed by atoms with Crippen molar-refractivity contribution in [3.8, 4) is 17.6 Å². The molecule has 0 aliphatic rings. The Kier molecular flexibility index (Phi) is 5.62. The Bertz CT molecular complexity index is 415. The highest BCUT2D eigenvalue weighted by atomic mass is 16.5. The van der Waals surface area contributed by atoms with E-state index in [0.717, 1.165) is 11.3 Å². The first-order chi connectivity index (χ1) is 8.22. The third-order valence-corrected chi connectivity index (χ3v) is 1.91. The second-order valence-corrected chi connectivity index (χ2v) is 3.31. The first-order valence-electron chi connectivity index (χ1n) is 5.21. The van der Waals surface area contributed by atoms with Crippen molar-refractivity contribution in [1.82, 2.24) is 0 Å². The largest absolute Gasteiger partial charge is 0.491 e. The SMILES string of the molecule is COCCOc1ccc(C#CCC(N)=O)cc1. The second-order valence-electron chi connectivity index (χ2n) is 3.31. The predicted molar refractivity (Wildman–Crippen MR) is 64.5 cm³/mol. The molecule has 0 radical (unpaired) electrons. The van der Waals surface area contributed by atoms with Gasteiger partial charge >= 0.3 is 0 Å². The third kappa shape index (κ3) is 5.59. The lowest BCUT2D eigenvalue weighted by atomic mass is 10.2. The Morgan fingerprint density at radius 1 is 1.29 bits per heavy atom. The topological polar surface area (TPSA) is 61.6 Å². The number of methoxy groups -OCH3 is 1. The number of amides is 1. The van der Waals surface area contributed by atoms with Crippen LogP contribution >= 0.6 is 0 Å². The number of hydrogen-bond donors (Lipinski definition) is 1. The van der Waals surface area contributed by atoms with Gasteiger partial charge in [-0.15, -0.1) is 0 Å². The van der Waals surface area contributed by atoms with Crippen LogP contribution in [0.5, 0.6) is 5.75 Å². The van der Waals surface area contributed by atoms with Crippen LogP contribution in [-0.2, 0) is 9.53 Å². The van der Waals surface area contributed by atoms with Crippen LogP contribution in [0.1, 0.15) is 12.0 Å². The maximum absolute atomic E-state index is 10.5. The van der Waals surface area contributed by atoms with Crippen molar-refractivity contribution in [2.45, 2.75) is 6.42 Å². The standard InChI is InChI=1S/C13H15NO3/c1-16-9-10-17-12-7-5-11(6-8-12)3-2-4-13(14)15/h5-8H,4,9-10H2,1H3,(H2,14,15). The fourth-order valence-electron chi connectivity index (χ4n) is 1.11. The average Bonchev–Trinajstić information content (AvgIpc) is 2.31. The summed E-state index contributed by atoms with van der Waals surface area (Å²) in [6.07, 6.45) is 0.0755. The summed E-state index contributed by atoms with van der Waals surface area (Å²) < 4.78 is 10.3. The molecule has 4 heteroatoms. The zero-order valence-corrected chi connectivity index (χ0v) is 9.73. The van der Waals surface area contributed by atoms with Crippen molar-refractivity contribution in [2.75, 3.05) is 20.3 Å². The molecule has 2 N–H and O–H groups in total. The smallest absolute Gasteiger partial charge is 0.229 e. The van der Waals surface area contributed by atoms with Gasteiger partial charge in [0.05, 0.1) is 13.0 Å². The Hall–Kier alpha value is -1.99. The molecule has 0 bridgehead atoms. The van der Waals surface area contributed by atoms with Gasteiger partial charge in [-0.1, -0.05) is 11.8 Å². The molecule has 0 saturated carbocycles. The maximum atomic E-state index is 10.5. The van der Waals surface area contributed by atoms with E-state index in [1.807, 2.05) is 24.3 Å². The van der Waals surface area contributed by atoms with Gasteiger partial charge in [0.2, 0.25) is 5.91 Å². The number of carbonyl (C=O) groups excluding carboxylic acids is 1. The Labute approximate surface area is 101 Å². The highest BCUT2D eigenvalue weighted by Gasteiger charge is 1.93. The van der Waals surface area contributed by atoms with Gasteiger partial charge in [0.25, 0.3) is 0 Å². The molecule has 1 rings (SSSR count). The van der Waals surface area contributed by atoms with Crippen molar-refractivity contribution in [1.29, 1.82) is 0 Å². The normalized spacial score (nSPS) is 9.24. The second kappa shape index (κ2) is 7.31. The fraction of sp³-hybridized carbons (Fsp3) is 0.308. The Morgan fingerprint density at radius 2 is 2.00 bits per heavy atom. The molecule has 0 aromatic heterocycles. The number of ether oxygens (including phenoxy) is 2. The molecule has 0 aliphatic heterocycles. The first-order valence-corrected chi connectivity index (χ1v) is 5.21. The van der Waals surface area contributed by atoms with Crippen LogP contribution in [0.15, 0.2) is 24.3 Å². The van der Waals surface area contributed by atoms with E-state index in [0.29, 0.717) is 13.2 Å². The molecule has 0 saturated heterocycles. The summed E-state index contributed by atoms with van der Waals surface area (Å²) >= 11 is 0. The van der Waals surface area contributed by atoms with Gasteiger partial charge in [0, 0.05) is 12.7 Å². The Morgan fingerprint density at radius 3 is 2.59 bits per heavy atom. The number of hydrogen-bond acceptors (Lipinski definition) is 3. The van der Waals surface area contributed by atoms with Crippen LogP contribution in [0, 0.1) is 11.8 Å². The minimum atomic E-state index is -0.419. The lowest BCUT2D eigenvalue weighted by molar-refractivity contribution is -0.117. The molecule has 0 spiro atoms. The number of carbonyl (C=O) groups is 1. The van der Waals surface area contributed by atoms with Gasteiger partial charge in [-0.25, -0.2) is 0 Å². The van der Waals surface area contributed by atoms with Crippen molar-refractivity contribution >= 4 is 5.91 Å². The van der Waals surface area contributed by atoms with Crippen molar-refractivity contribution in [2.24, 2.45) is 5.73 Å². The van der Waals surface area contributed by atoms with E-state index < -0.39 is 5.91 Å². The summed E-state index contributed by atoms with van der Waals surface area (Å²) in [5.74, 6) is 5.87. The maximum Gasteiger partial charge on any atom is 0.229 e. The van der Waals surface area contributed by atoms with Crippen LogP contribution in [-0.4, -0.2) is 26.2 Å². The van der Waals surface area contributed by atoms with Gasteiger partial charge in [0.1, 0.15) is 12.4 Å². The molecule has 1 aromatic rings. The molecule has 0 aliphatic carbocycles. The third-order valence-electron chi connectivity index (χ3n) is 1.91. The minimum Gasteiger partial charge on any atom is -0.491 e. The molecule has 90 valence electrons. The number of rotatable bonds is 5. The van der Waals surface area contributed by atoms with Crippen LogP contribution < -0.4 is 10.5 Å². The molecule has 17 heavy (non-hydrogen) atoms. The van der Waals surface area contributed by atoms with Crippen LogP contribution in [0.25, 0.3) is 0 Å². The minimum absolute atomic E-state index is 0.0755. The van der Waals surface area contributed by atoms with Gasteiger partial charge < -0.3 is 15.2 Å². The lowest BCUT2D eigenvalue weighted by Crippen LogP contribution is -2.08. The van der Waals surface area contributed by atoms with Crippen LogP contribution in [0.4, 0.5) is 0 Å². The van der Waals surface area contributed by atoms with E-state index in [2.05, 4.69) is 11.8 Å². The van der Waals surface area contributed by atoms with E-state index in [1.54, 1.807) is 7.11 Å². The van der Waals surface area contributed by atoms with Crippen molar-refractivity contribution in [3.63, 3.8) is 0 Å². The summed E-state index contributed by atoms with van der Waals surface area (Å²) in [6.45, 7) is 1.07. The van der Waals surface area contributed by atoms with Gasteiger partial charge in [-0.3, -0.25) is 4.79 Å². The van der Waals surface area contributed by atoms with Gasteiger partial charge in [-0.2, -0.15) is 0 Å². The summed E-state index contributed by atoms with van der Waals surface area (Å²) in [5.41, 5.74) is 5.80. The van der Waals surface area contributed by atoms with Gasteiger partial charge in [0.15, 0.2) is 0 Å². The molecule has 0 atom stereocenters. The number of primary amides is 1. The first kappa shape index (κ1) is 13.1. The zero-order valence-electron chi connectivity index (χ0n) is 9.73. The fourth-order valence-corrected chi connectivity index (χ4v) is 1.11. The molecule has 4 nitrogen and oxygen atoms in total. The molecule has 0 unspecified atom stereocenters. The zero-order chi connectivity index (χ0) is 12.5. The highest BCUT2D eigenvalue weighted by molar-refractivity contribution is 5.76. The number of nitrogens with two attached hydrogens (primary N) is 1. The molecule has 0 fully saturated rings. The van der Waals surface area contributed by atoms with E-state index in [9.17, 15) is 4.79 Å². The molecule has 1 amide bonds. The van der Waals surface area contributed by atoms with Gasteiger partial charge in [-0.05, 0) is 24.3 Å². The van der Waals surface area contributed by atoms with E-state index in [4.69, 9.17) is 15.2 Å². The summed E-state index contributed by atoms with van der Waals surface area (Å²) in [7, 11) is 1.63. The lowest BCUT2D eigenvalue weighted by Gasteiger charge is -2.04. The van der Waals surface area contributed by atoms with E-state index in [1.165, 1.54) is 0 Å². The summed E-state index contributed by atoms with van der Waals surface area (Å²) in [6, 6.07) is 7.31. The molecule has 1 aromatic carbocycles. The molecule has 0 heterocycles.